The van der Waals surface area contributed by atoms with Gasteiger partial charge < -0.3 is 5.32 Å². The van der Waals surface area contributed by atoms with Crippen LogP contribution in [0, 0.1) is 6.92 Å². The van der Waals surface area contributed by atoms with Gasteiger partial charge in [-0.3, -0.25) is 0 Å². The second-order valence-electron chi connectivity index (χ2n) is 7.02. The van der Waals surface area contributed by atoms with Gasteiger partial charge in [0, 0.05) is 18.1 Å². The molecule has 1 aromatic carbocycles. The van der Waals surface area contributed by atoms with Crippen LogP contribution in [0.15, 0.2) is 24.3 Å². The summed E-state index contributed by atoms with van der Waals surface area (Å²) >= 11 is 0. The van der Waals surface area contributed by atoms with E-state index in [9.17, 15) is 8.42 Å². The fourth-order valence-corrected chi connectivity index (χ4v) is 4.48. The van der Waals surface area contributed by atoms with E-state index in [-0.39, 0.29) is 16.8 Å². The minimum absolute atomic E-state index is 0.137. The predicted molar refractivity (Wildman–Crippen MR) is 89.4 cm³/mol. The van der Waals surface area contributed by atoms with Gasteiger partial charge in [-0.25, -0.2) is 13.1 Å². The molecule has 2 aliphatic rings. The van der Waals surface area contributed by atoms with E-state index in [1.54, 1.807) is 0 Å². The SMILES string of the molecule is Cc1ccccc1CC1(N[C@@H](C)CNS(=O)(=O)C2CC2)CC1. The molecule has 0 amide bonds. The van der Waals surface area contributed by atoms with Crippen LogP contribution in [0.1, 0.15) is 43.7 Å². The van der Waals surface area contributed by atoms with Crippen molar-refractivity contribution < 1.29 is 8.42 Å². The number of rotatable bonds is 8. The number of aryl methyl sites for hydroxylation is 1. The number of hydrogen-bond acceptors (Lipinski definition) is 3. The summed E-state index contributed by atoms with van der Waals surface area (Å²) in [6.45, 7) is 4.69. The molecule has 1 aromatic rings. The molecule has 4 nitrogen and oxygen atoms in total. The number of nitrogens with one attached hydrogen (secondary N) is 2. The van der Waals surface area contributed by atoms with Crippen molar-refractivity contribution in [3.8, 4) is 0 Å². The molecule has 22 heavy (non-hydrogen) atoms. The average molecular weight is 322 g/mol. The quantitative estimate of drug-likeness (QED) is 0.771. The van der Waals surface area contributed by atoms with E-state index in [0.717, 1.165) is 19.3 Å². The lowest BCUT2D eigenvalue weighted by Gasteiger charge is -2.24. The zero-order valence-electron chi connectivity index (χ0n) is 13.4. The van der Waals surface area contributed by atoms with Crippen molar-refractivity contribution in [2.45, 2.75) is 62.8 Å². The lowest BCUT2D eigenvalue weighted by Crippen LogP contribution is -2.46. The Morgan fingerprint density at radius 3 is 2.55 bits per heavy atom. The molecule has 0 heterocycles. The minimum Gasteiger partial charge on any atom is -0.307 e. The summed E-state index contributed by atoms with van der Waals surface area (Å²) in [4.78, 5) is 0. The molecule has 0 saturated heterocycles. The van der Waals surface area contributed by atoms with Crippen LogP contribution in [0.3, 0.4) is 0 Å². The maximum Gasteiger partial charge on any atom is 0.214 e. The van der Waals surface area contributed by atoms with Crippen LogP contribution in [0.5, 0.6) is 0 Å². The van der Waals surface area contributed by atoms with Crippen molar-refractivity contribution >= 4 is 10.0 Å². The Balaban J connectivity index is 1.52. The molecule has 0 aromatic heterocycles. The van der Waals surface area contributed by atoms with Crippen LogP contribution in [0.25, 0.3) is 0 Å². The fraction of sp³-hybridized carbons (Fsp3) is 0.647. The van der Waals surface area contributed by atoms with E-state index in [2.05, 4.69) is 48.2 Å². The summed E-state index contributed by atoms with van der Waals surface area (Å²) in [5, 5.41) is 3.51. The third-order valence-electron chi connectivity index (χ3n) is 4.75. The molecule has 122 valence electrons. The molecule has 0 bridgehead atoms. The summed E-state index contributed by atoms with van der Waals surface area (Å²) in [5.41, 5.74) is 2.88. The number of benzene rings is 1. The lowest BCUT2D eigenvalue weighted by molar-refractivity contribution is 0.421. The Hall–Kier alpha value is -0.910. The molecule has 0 aliphatic heterocycles. The second-order valence-corrected chi connectivity index (χ2v) is 9.07. The van der Waals surface area contributed by atoms with Crippen molar-refractivity contribution in [1.29, 1.82) is 0 Å². The summed E-state index contributed by atoms with van der Waals surface area (Å²) in [7, 11) is -3.07. The summed E-state index contributed by atoms with van der Waals surface area (Å²) in [6.07, 6.45) is 4.99. The van der Waals surface area contributed by atoms with Gasteiger partial charge in [-0.15, -0.1) is 0 Å². The smallest absolute Gasteiger partial charge is 0.214 e. The highest BCUT2D eigenvalue weighted by atomic mass is 32.2. The van der Waals surface area contributed by atoms with Gasteiger partial charge in [-0.1, -0.05) is 24.3 Å². The maximum absolute atomic E-state index is 11.9. The van der Waals surface area contributed by atoms with E-state index in [0.29, 0.717) is 6.54 Å². The first-order valence-electron chi connectivity index (χ1n) is 8.21. The van der Waals surface area contributed by atoms with Crippen LogP contribution in [0.2, 0.25) is 0 Å². The van der Waals surface area contributed by atoms with Crippen molar-refractivity contribution in [3.05, 3.63) is 35.4 Å². The highest BCUT2D eigenvalue weighted by Gasteiger charge is 2.43. The minimum atomic E-state index is -3.07. The molecule has 2 fully saturated rings. The topological polar surface area (TPSA) is 58.2 Å². The van der Waals surface area contributed by atoms with Crippen LogP contribution >= 0.6 is 0 Å². The molecule has 5 heteroatoms. The third-order valence-corrected chi connectivity index (χ3v) is 6.67. The molecule has 3 rings (SSSR count). The Labute approximate surface area is 133 Å². The van der Waals surface area contributed by atoms with Crippen molar-refractivity contribution in [1.82, 2.24) is 10.0 Å². The van der Waals surface area contributed by atoms with Crippen molar-refractivity contribution in [3.63, 3.8) is 0 Å². The highest BCUT2D eigenvalue weighted by Crippen LogP contribution is 2.39. The van der Waals surface area contributed by atoms with E-state index >= 15 is 0 Å². The van der Waals surface area contributed by atoms with Crippen LogP contribution in [-0.4, -0.2) is 31.8 Å². The van der Waals surface area contributed by atoms with Gasteiger partial charge in [-0.05, 0) is 57.1 Å². The first-order valence-corrected chi connectivity index (χ1v) is 9.76. The molecule has 2 saturated carbocycles. The Bertz CT molecular complexity index is 634. The van der Waals surface area contributed by atoms with Gasteiger partial charge in [0.25, 0.3) is 0 Å². The lowest BCUT2D eigenvalue weighted by atomic mass is 9.99. The molecular formula is C17H26N2O2S. The van der Waals surface area contributed by atoms with Crippen LogP contribution in [0.4, 0.5) is 0 Å². The molecule has 2 N–H and O–H groups in total. The van der Waals surface area contributed by atoms with Crippen molar-refractivity contribution in [2.75, 3.05) is 6.54 Å². The van der Waals surface area contributed by atoms with Gasteiger partial charge in [-0.2, -0.15) is 0 Å². The molecule has 0 radical (unpaired) electrons. The molecule has 0 unspecified atom stereocenters. The average Bonchev–Trinajstić information content (AvgIpc) is 3.34. The zero-order valence-corrected chi connectivity index (χ0v) is 14.2. The van der Waals surface area contributed by atoms with Crippen LogP contribution < -0.4 is 10.0 Å². The summed E-state index contributed by atoms with van der Waals surface area (Å²) < 4.78 is 26.5. The monoisotopic (exact) mass is 322 g/mol. The third kappa shape index (κ3) is 3.89. The molecule has 2 aliphatic carbocycles. The largest absolute Gasteiger partial charge is 0.307 e. The van der Waals surface area contributed by atoms with Gasteiger partial charge in [0.2, 0.25) is 10.0 Å². The Morgan fingerprint density at radius 2 is 1.95 bits per heavy atom. The molecular weight excluding hydrogens is 296 g/mol. The van der Waals surface area contributed by atoms with Crippen LogP contribution in [-0.2, 0) is 16.4 Å². The van der Waals surface area contributed by atoms with E-state index in [1.807, 2.05) is 0 Å². The summed E-state index contributed by atoms with van der Waals surface area (Å²) in [6, 6.07) is 8.66. The standard InChI is InChI=1S/C17H26N2O2S/c1-13-5-3-4-6-15(13)11-17(9-10-17)19-14(2)12-18-22(20,21)16-7-8-16/h3-6,14,16,18-19H,7-12H2,1-2H3/t14-/m0/s1. The Kier molecular flexibility index (Phi) is 4.32. The maximum atomic E-state index is 11.9. The van der Waals surface area contributed by atoms with Gasteiger partial charge >= 0.3 is 0 Å². The Morgan fingerprint density at radius 1 is 1.27 bits per heavy atom. The van der Waals surface area contributed by atoms with Crippen molar-refractivity contribution in [2.24, 2.45) is 0 Å². The first kappa shape index (κ1) is 16.0. The van der Waals surface area contributed by atoms with Gasteiger partial charge in [0.1, 0.15) is 0 Å². The molecule has 1 atom stereocenters. The fourth-order valence-electron chi connectivity index (χ4n) is 3.01. The predicted octanol–water partition coefficient (Wildman–Crippen LogP) is 2.13. The van der Waals surface area contributed by atoms with E-state index in [1.165, 1.54) is 24.0 Å². The van der Waals surface area contributed by atoms with E-state index < -0.39 is 10.0 Å². The normalized spacial score (nSPS) is 21.5. The zero-order chi connectivity index (χ0) is 15.8. The highest BCUT2D eigenvalue weighted by molar-refractivity contribution is 7.90. The second kappa shape index (κ2) is 5.95. The number of hydrogen-bond donors (Lipinski definition) is 2. The first-order chi connectivity index (χ1) is 10.4. The number of sulfonamides is 1. The van der Waals surface area contributed by atoms with E-state index in [4.69, 9.17) is 0 Å². The summed E-state index contributed by atoms with van der Waals surface area (Å²) in [5.74, 6) is 0. The van der Waals surface area contributed by atoms with Gasteiger partial charge in [0.05, 0.1) is 5.25 Å². The molecule has 0 spiro atoms. The van der Waals surface area contributed by atoms with Gasteiger partial charge in [0.15, 0.2) is 0 Å².